The minimum absolute atomic E-state index is 0.166. The molecule has 0 spiro atoms. The molecule has 2 aromatic carbocycles. The Kier molecular flexibility index (Phi) is 6.49. The number of halogens is 1. The fraction of sp³-hybridized carbons (Fsp3) is 0.227. The van der Waals surface area contributed by atoms with Crippen LogP contribution in [0.2, 0.25) is 0 Å². The number of hydrogen-bond acceptors (Lipinski definition) is 3. The van der Waals surface area contributed by atoms with Crippen molar-refractivity contribution in [2.75, 3.05) is 11.9 Å². The second kappa shape index (κ2) is 9.05. The van der Waals surface area contributed by atoms with Gasteiger partial charge in [-0.05, 0) is 68.3 Å². The number of carbonyl (C=O) groups is 2. The number of nitrogens with zero attached hydrogens (tertiary/aromatic N) is 2. The van der Waals surface area contributed by atoms with Crippen LogP contribution in [0.4, 0.5) is 5.82 Å². The zero-order chi connectivity index (χ0) is 21.0. The molecule has 0 aliphatic carbocycles. The molecular formula is C22H23BrN4O2. The fourth-order valence-electron chi connectivity index (χ4n) is 3.06. The molecule has 150 valence electrons. The van der Waals surface area contributed by atoms with Gasteiger partial charge in [0.2, 0.25) is 5.91 Å². The normalized spacial score (nSPS) is 10.6. The average Bonchev–Trinajstić information content (AvgIpc) is 3.01. The number of benzene rings is 2. The van der Waals surface area contributed by atoms with Crippen LogP contribution in [0.15, 0.2) is 53.0 Å². The van der Waals surface area contributed by atoms with Crippen molar-refractivity contribution in [2.24, 2.45) is 0 Å². The lowest BCUT2D eigenvalue weighted by Crippen LogP contribution is -2.28. The van der Waals surface area contributed by atoms with E-state index in [0.717, 1.165) is 27.0 Å². The highest BCUT2D eigenvalue weighted by Gasteiger charge is 2.12. The van der Waals surface area contributed by atoms with E-state index in [1.54, 1.807) is 28.9 Å². The second-order valence-corrected chi connectivity index (χ2v) is 7.91. The summed E-state index contributed by atoms with van der Waals surface area (Å²) in [5.74, 6) is 0.213. The largest absolute Gasteiger partial charge is 0.352 e. The highest BCUT2D eigenvalue weighted by Crippen LogP contribution is 2.20. The average molecular weight is 455 g/mol. The molecule has 2 amide bonds. The zero-order valence-corrected chi connectivity index (χ0v) is 18.2. The van der Waals surface area contributed by atoms with Gasteiger partial charge in [-0.25, -0.2) is 4.68 Å². The van der Waals surface area contributed by atoms with E-state index in [2.05, 4.69) is 37.7 Å². The van der Waals surface area contributed by atoms with Crippen molar-refractivity contribution >= 4 is 33.6 Å². The van der Waals surface area contributed by atoms with E-state index in [-0.39, 0.29) is 24.8 Å². The van der Waals surface area contributed by atoms with Crippen molar-refractivity contribution in [2.45, 2.75) is 27.2 Å². The highest BCUT2D eigenvalue weighted by atomic mass is 79.9. The molecular weight excluding hydrogens is 432 g/mol. The first-order valence-corrected chi connectivity index (χ1v) is 10.1. The second-order valence-electron chi connectivity index (χ2n) is 6.99. The van der Waals surface area contributed by atoms with Crippen LogP contribution < -0.4 is 10.6 Å². The maximum absolute atomic E-state index is 12.4. The molecule has 1 aromatic heterocycles. The molecule has 0 aliphatic heterocycles. The van der Waals surface area contributed by atoms with Crippen molar-refractivity contribution in [3.63, 3.8) is 0 Å². The first-order chi connectivity index (χ1) is 13.8. The Hall–Kier alpha value is -2.93. The summed E-state index contributed by atoms with van der Waals surface area (Å²) in [6.07, 6.45) is 0.166. The van der Waals surface area contributed by atoms with Crippen LogP contribution >= 0.6 is 15.9 Å². The van der Waals surface area contributed by atoms with Gasteiger partial charge in [0.15, 0.2) is 0 Å². The van der Waals surface area contributed by atoms with Crippen LogP contribution in [0.5, 0.6) is 0 Å². The first-order valence-electron chi connectivity index (χ1n) is 9.31. The molecule has 3 rings (SSSR count). The van der Waals surface area contributed by atoms with Gasteiger partial charge in [-0.15, -0.1) is 0 Å². The van der Waals surface area contributed by atoms with E-state index >= 15 is 0 Å². The molecule has 29 heavy (non-hydrogen) atoms. The van der Waals surface area contributed by atoms with Crippen LogP contribution in [0.3, 0.4) is 0 Å². The van der Waals surface area contributed by atoms with Gasteiger partial charge in [0, 0.05) is 29.1 Å². The Labute approximate surface area is 178 Å². The van der Waals surface area contributed by atoms with Crippen molar-refractivity contribution in [3.8, 4) is 5.69 Å². The quantitative estimate of drug-likeness (QED) is 0.582. The molecule has 0 atom stereocenters. The molecule has 3 aromatic rings. The molecule has 2 N–H and O–H groups in total. The molecule has 0 unspecified atom stereocenters. The molecule has 1 heterocycles. The lowest BCUT2D eigenvalue weighted by Gasteiger charge is -2.11. The summed E-state index contributed by atoms with van der Waals surface area (Å²) in [6.45, 7) is 6.18. The Bertz CT molecular complexity index is 1020. The van der Waals surface area contributed by atoms with E-state index in [0.29, 0.717) is 11.4 Å². The number of aryl methyl sites for hydroxylation is 3. The summed E-state index contributed by atoms with van der Waals surface area (Å²) >= 11 is 3.34. The Balaban J connectivity index is 1.61. The Morgan fingerprint density at radius 3 is 2.31 bits per heavy atom. The summed E-state index contributed by atoms with van der Waals surface area (Å²) in [5.41, 5.74) is 4.51. The summed E-state index contributed by atoms with van der Waals surface area (Å²) < 4.78 is 2.64. The lowest BCUT2D eigenvalue weighted by atomic mass is 10.1. The summed E-state index contributed by atoms with van der Waals surface area (Å²) in [7, 11) is 0. The predicted octanol–water partition coefficient (Wildman–Crippen LogP) is 4.32. The van der Waals surface area contributed by atoms with Crippen LogP contribution in [-0.2, 0) is 4.79 Å². The van der Waals surface area contributed by atoms with Crippen LogP contribution in [0, 0.1) is 20.8 Å². The number of rotatable bonds is 6. The molecule has 0 radical (unpaired) electrons. The van der Waals surface area contributed by atoms with E-state index < -0.39 is 0 Å². The van der Waals surface area contributed by atoms with Crippen LogP contribution in [0.1, 0.15) is 33.6 Å². The van der Waals surface area contributed by atoms with E-state index in [4.69, 9.17) is 0 Å². The lowest BCUT2D eigenvalue weighted by molar-refractivity contribution is -0.116. The van der Waals surface area contributed by atoms with Crippen molar-refractivity contribution in [1.29, 1.82) is 0 Å². The monoisotopic (exact) mass is 454 g/mol. The third kappa shape index (κ3) is 5.54. The molecule has 0 bridgehead atoms. The first kappa shape index (κ1) is 20.8. The third-order valence-corrected chi connectivity index (χ3v) is 4.82. The summed E-state index contributed by atoms with van der Waals surface area (Å²) in [6, 6.07) is 15.0. The molecule has 0 fully saturated rings. The van der Waals surface area contributed by atoms with Gasteiger partial charge >= 0.3 is 0 Å². The molecule has 0 saturated carbocycles. The number of anilines is 1. The van der Waals surface area contributed by atoms with Gasteiger partial charge in [0.1, 0.15) is 5.82 Å². The standard InChI is InChI=1S/C22H23BrN4O2/c1-14-10-15(2)12-19(11-14)27-20(13-16(3)26-27)25-21(28)8-9-24-22(29)17-4-6-18(23)7-5-17/h4-7,10-13H,8-9H2,1-3H3,(H,24,29)(H,25,28). The number of amides is 2. The summed E-state index contributed by atoms with van der Waals surface area (Å²) in [5, 5.41) is 10.2. The maximum Gasteiger partial charge on any atom is 0.251 e. The zero-order valence-electron chi connectivity index (χ0n) is 16.6. The van der Waals surface area contributed by atoms with E-state index in [9.17, 15) is 9.59 Å². The third-order valence-electron chi connectivity index (χ3n) is 4.29. The Morgan fingerprint density at radius 2 is 1.66 bits per heavy atom. The van der Waals surface area contributed by atoms with Gasteiger partial charge in [-0.1, -0.05) is 22.0 Å². The van der Waals surface area contributed by atoms with E-state index in [1.807, 2.05) is 39.0 Å². The number of aromatic nitrogens is 2. The number of nitrogens with one attached hydrogen (secondary N) is 2. The Morgan fingerprint density at radius 1 is 1.00 bits per heavy atom. The van der Waals surface area contributed by atoms with Gasteiger partial charge < -0.3 is 10.6 Å². The smallest absolute Gasteiger partial charge is 0.251 e. The van der Waals surface area contributed by atoms with Crippen molar-refractivity contribution in [3.05, 3.63) is 75.4 Å². The molecule has 0 aliphatic rings. The molecule has 7 heteroatoms. The number of carbonyl (C=O) groups excluding carboxylic acids is 2. The van der Waals surface area contributed by atoms with Gasteiger partial charge in [0.25, 0.3) is 5.91 Å². The topological polar surface area (TPSA) is 76.0 Å². The predicted molar refractivity (Wildman–Crippen MR) is 117 cm³/mol. The molecule has 0 saturated heterocycles. The summed E-state index contributed by atoms with van der Waals surface area (Å²) in [4.78, 5) is 24.5. The highest BCUT2D eigenvalue weighted by molar-refractivity contribution is 9.10. The maximum atomic E-state index is 12.4. The van der Waals surface area contributed by atoms with Gasteiger partial charge in [-0.3, -0.25) is 9.59 Å². The minimum atomic E-state index is -0.207. The number of hydrogen-bond donors (Lipinski definition) is 2. The fourth-order valence-corrected chi connectivity index (χ4v) is 3.32. The van der Waals surface area contributed by atoms with Crippen molar-refractivity contribution < 1.29 is 9.59 Å². The minimum Gasteiger partial charge on any atom is -0.352 e. The van der Waals surface area contributed by atoms with Crippen LogP contribution in [0.25, 0.3) is 5.69 Å². The van der Waals surface area contributed by atoms with Crippen molar-refractivity contribution in [1.82, 2.24) is 15.1 Å². The van der Waals surface area contributed by atoms with Crippen LogP contribution in [-0.4, -0.2) is 28.1 Å². The van der Waals surface area contributed by atoms with Gasteiger partial charge in [-0.2, -0.15) is 5.10 Å². The van der Waals surface area contributed by atoms with Gasteiger partial charge in [0.05, 0.1) is 11.4 Å². The molecule has 6 nitrogen and oxygen atoms in total. The SMILES string of the molecule is Cc1cc(C)cc(-n2nc(C)cc2NC(=O)CCNC(=O)c2ccc(Br)cc2)c1. The van der Waals surface area contributed by atoms with E-state index in [1.165, 1.54) is 0 Å².